The summed E-state index contributed by atoms with van der Waals surface area (Å²) in [7, 11) is 0. The summed E-state index contributed by atoms with van der Waals surface area (Å²) in [5, 5.41) is 2.54. The van der Waals surface area contributed by atoms with Crippen LogP contribution in [0, 0.1) is 17.8 Å². The standard InChI is InChI=1S/C10H12N2O3/c1-3-5-7(13)6-4(2)9(14)11-8(6)12-10(5)15/h4-6H,3H2,1-2H3,(H,11,12,14,15)/t4-,5+,6+/m1/s1. The van der Waals surface area contributed by atoms with Crippen molar-refractivity contribution in [3.63, 3.8) is 0 Å². The van der Waals surface area contributed by atoms with Crippen LogP contribution in [-0.4, -0.2) is 23.4 Å². The van der Waals surface area contributed by atoms with Gasteiger partial charge < -0.3 is 5.32 Å². The molecule has 2 aliphatic heterocycles. The second-order valence-electron chi connectivity index (χ2n) is 3.95. The number of hydrogen-bond donors (Lipinski definition) is 1. The van der Waals surface area contributed by atoms with Crippen LogP contribution in [0.4, 0.5) is 0 Å². The van der Waals surface area contributed by atoms with E-state index in [1.54, 1.807) is 13.8 Å². The lowest BCUT2D eigenvalue weighted by Gasteiger charge is -2.26. The van der Waals surface area contributed by atoms with Gasteiger partial charge in [0.1, 0.15) is 5.84 Å². The lowest BCUT2D eigenvalue weighted by molar-refractivity contribution is -0.138. The fourth-order valence-corrected chi connectivity index (χ4v) is 2.10. The number of hydrogen-bond acceptors (Lipinski definition) is 3. The lowest BCUT2D eigenvalue weighted by Crippen LogP contribution is -2.52. The molecule has 0 aromatic carbocycles. The Morgan fingerprint density at radius 2 is 2.00 bits per heavy atom. The number of carbonyl (C=O) groups excluding carboxylic acids is 3. The number of aliphatic imine (C=N–C) groups is 1. The number of nitrogens with zero attached hydrogens (tertiary/aromatic N) is 1. The number of piperidine rings is 1. The number of amides is 2. The predicted molar refractivity (Wildman–Crippen MR) is 52.0 cm³/mol. The summed E-state index contributed by atoms with van der Waals surface area (Å²) in [5.41, 5.74) is 0. The van der Waals surface area contributed by atoms with Gasteiger partial charge >= 0.3 is 0 Å². The molecule has 3 atom stereocenters. The van der Waals surface area contributed by atoms with Crippen molar-refractivity contribution in [3.05, 3.63) is 0 Å². The van der Waals surface area contributed by atoms with Crippen molar-refractivity contribution in [2.75, 3.05) is 0 Å². The van der Waals surface area contributed by atoms with E-state index in [1.807, 2.05) is 0 Å². The van der Waals surface area contributed by atoms with E-state index in [0.717, 1.165) is 0 Å². The van der Waals surface area contributed by atoms with Crippen LogP contribution >= 0.6 is 0 Å². The number of Topliss-reactive ketones (excluding diaryl/α,β-unsaturated/α-hetero) is 1. The molecule has 5 heteroatoms. The minimum absolute atomic E-state index is 0.168. The van der Waals surface area contributed by atoms with Crippen LogP contribution in [0.2, 0.25) is 0 Å². The molecular formula is C10H12N2O3. The average molecular weight is 208 g/mol. The summed E-state index contributed by atoms with van der Waals surface area (Å²) in [4.78, 5) is 38.4. The van der Waals surface area contributed by atoms with Gasteiger partial charge in [-0.25, -0.2) is 0 Å². The van der Waals surface area contributed by atoms with Crippen LogP contribution in [0.5, 0.6) is 0 Å². The maximum Gasteiger partial charge on any atom is 0.251 e. The molecule has 1 saturated heterocycles. The molecule has 1 N–H and O–H groups in total. The van der Waals surface area contributed by atoms with Gasteiger partial charge in [0.05, 0.1) is 17.8 Å². The van der Waals surface area contributed by atoms with Crippen molar-refractivity contribution >= 4 is 23.4 Å². The minimum atomic E-state index is -0.623. The molecule has 2 heterocycles. The van der Waals surface area contributed by atoms with Gasteiger partial charge in [0.15, 0.2) is 5.78 Å². The summed E-state index contributed by atoms with van der Waals surface area (Å²) in [5.74, 6) is -2.16. The molecule has 2 rings (SSSR count). The van der Waals surface area contributed by atoms with Crippen LogP contribution in [0.3, 0.4) is 0 Å². The highest BCUT2D eigenvalue weighted by Crippen LogP contribution is 2.29. The fraction of sp³-hybridized carbons (Fsp3) is 0.600. The lowest BCUT2D eigenvalue weighted by atomic mass is 9.80. The first-order valence-electron chi connectivity index (χ1n) is 5.03. The highest BCUT2D eigenvalue weighted by Gasteiger charge is 2.48. The second kappa shape index (κ2) is 3.25. The smallest absolute Gasteiger partial charge is 0.251 e. The Labute approximate surface area is 86.9 Å². The van der Waals surface area contributed by atoms with Crippen molar-refractivity contribution in [3.8, 4) is 0 Å². The van der Waals surface area contributed by atoms with Crippen molar-refractivity contribution in [1.29, 1.82) is 0 Å². The Bertz CT molecular complexity index is 386. The molecule has 0 aromatic heterocycles. The Kier molecular flexibility index (Phi) is 2.17. The Balaban J connectivity index is 2.36. The fourth-order valence-electron chi connectivity index (χ4n) is 2.10. The van der Waals surface area contributed by atoms with Gasteiger partial charge in [-0.3, -0.25) is 14.4 Å². The highest BCUT2D eigenvalue weighted by molar-refractivity contribution is 6.26. The molecule has 0 saturated carbocycles. The monoisotopic (exact) mass is 208 g/mol. The topological polar surface area (TPSA) is 75.6 Å². The zero-order chi connectivity index (χ0) is 11.2. The first-order valence-corrected chi connectivity index (χ1v) is 5.03. The van der Waals surface area contributed by atoms with Crippen molar-refractivity contribution in [2.24, 2.45) is 22.7 Å². The molecule has 0 aliphatic carbocycles. The van der Waals surface area contributed by atoms with Gasteiger partial charge in [-0.1, -0.05) is 13.8 Å². The molecule has 0 radical (unpaired) electrons. The maximum absolute atomic E-state index is 11.9. The van der Waals surface area contributed by atoms with Crippen LogP contribution < -0.4 is 5.32 Å². The van der Waals surface area contributed by atoms with Gasteiger partial charge in [-0.05, 0) is 6.42 Å². The van der Waals surface area contributed by atoms with E-state index in [1.165, 1.54) is 0 Å². The normalized spacial score (nSPS) is 34.9. The van der Waals surface area contributed by atoms with Crippen molar-refractivity contribution in [2.45, 2.75) is 20.3 Å². The zero-order valence-corrected chi connectivity index (χ0v) is 8.61. The van der Waals surface area contributed by atoms with E-state index in [0.29, 0.717) is 6.42 Å². The zero-order valence-electron chi connectivity index (χ0n) is 8.61. The molecule has 2 aliphatic rings. The quantitative estimate of drug-likeness (QED) is 0.611. The van der Waals surface area contributed by atoms with E-state index in [4.69, 9.17) is 0 Å². The molecule has 0 aromatic rings. The number of ketones is 1. The molecule has 0 unspecified atom stereocenters. The largest absolute Gasteiger partial charge is 0.313 e. The number of rotatable bonds is 1. The molecule has 5 nitrogen and oxygen atoms in total. The first-order chi connectivity index (χ1) is 7.06. The number of amidine groups is 1. The summed E-state index contributed by atoms with van der Waals surface area (Å²) in [6.45, 7) is 3.46. The number of fused-ring (bicyclic) bond motifs is 1. The molecule has 0 bridgehead atoms. The Hall–Kier alpha value is -1.52. The van der Waals surface area contributed by atoms with Crippen LogP contribution in [0.25, 0.3) is 0 Å². The molecule has 1 fully saturated rings. The van der Waals surface area contributed by atoms with Crippen LogP contribution in [0.1, 0.15) is 20.3 Å². The van der Waals surface area contributed by atoms with Gasteiger partial charge in [0, 0.05) is 0 Å². The average Bonchev–Trinajstić information content (AvgIpc) is 2.43. The van der Waals surface area contributed by atoms with E-state index in [2.05, 4.69) is 10.3 Å². The maximum atomic E-state index is 11.9. The third-order valence-electron chi connectivity index (χ3n) is 3.04. The Morgan fingerprint density at radius 3 is 2.60 bits per heavy atom. The second-order valence-corrected chi connectivity index (χ2v) is 3.95. The molecule has 15 heavy (non-hydrogen) atoms. The number of carbonyl (C=O) groups is 3. The molecule has 2 amide bonds. The van der Waals surface area contributed by atoms with Gasteiger partial charge in [0.25, 0.3) is 5.91 Å². The van der Waals surface area contributed by atoms with E-state index in [9.17, 15) is 14.4 Å². The van der Waals surface area contributed by atoms with E-state index >= 15 is 0 Å². The van der Waals surface area contributed by atoms with E-state index < -0.39 is 17.8 Å². The third-order valence-corrected chi connectivity index (χ3v) is 3.04. The van der Waals surface area contributed by atoms with Gasteiger partial charge in [-0.2, -0.15) is 4.99 Å². The predicted octanol–water partition coefficient (Wildman–Crippen LogP) is -0.0975. The van der Waals surface area contributed by atoms with Crippen LogP contribution in [-0.2, 0) is 14.4 Å². The molecule has 0 spiro atoms. The molecule has 80 valence electrons. The van der Waals surface area contributed by atoms with E-state index in [-0.39, 0.29) is 23.4 Å². The number of nitrogens with one attached hydrogen (secondary N) is 1. The summed E-state index contributed by atoms with van der Waals surface area (Å²) >= 11 is 0. The summed E-state index contributed by atoms with van der Waals surface area (Å²) < 4.78 is 0. The third kappa shape index (κ3) is 1.30. The SMILES string of the molecule is CC[C@@H]1C(=O)NC2=NC(=O)[C@H](C)[C@H]2C1=O. The van der Waals surface area contributed by atoms with Crippen molar-refractivity contribution < 1.29 is 14.4 Å². The van der Waals surface area contributed by atoms with Crippen molar-refractivity contribution in [1.82, 2.24) is 5.32 Å². The van der Waals surface area contributed by atoms with Gasteiger partial charge in [-0.15, -0.1) is 0 Å². The van der Waals surface area contributed by atoms with Crippen LogP contribution in [0.15, 0.2) is 4.99 Å². The molecular weight excluding hydrogens is 196 g/mol. The Morgan fingerprint density at radius 1 is 1.33 bits per heavy atom. The van der Waals surface area contributed by atoms with Gasteiger partial charge in [0.2, 0.25) is 5.91 Å². The first kappa shape index (κ1) is 10.0. The highest BCUT2D eigenvalue weighted by atomic mass is 16.2. The minimum Gasteiger partial charge on any atom is -0.313 e. The summed E-state index contributed by atoms with van der Waals surface area (Å²) in [6.07, 6.45) is 0.468. The summed E-state index contributed by atoms with van der Waals surface area (Å²) in [6, 6.07) is 0.